The van der Waals surface area contributed by atoms with Crippen molar-refractivity contribution in [2.24, 2.45) is 0 Å². The van der Waals surface area contributed by atoms with Crippen LogP contribution in [0.15, 0.2) is 53.9 Å². The smallest absolute Gasteiger partial charge is 0.229 e. The Bertz CT molecular complexity index is 1510. The molecule has 8 heteroatoms. The molecule has 6 nitrogen and oxygen atoms in total. The highest BCUT2D eigenvalue weighted by Crippen LogP contribution is 2.47. The van der Waals surface area contributed by atoms with Gasteiger partial charge in [0, 0.05) is 36.2 Å². The van der Waals surface area contributed by atoms with E-state index in [0.29, 0.717) is 17.3 Å². The topological polar surface area (TPSA) is 56.3 Å². The molecule has 4 heterocycles. The van der Waals surface area contributed by atoms with Crippen molar-refractivity contribution in [1.82, 2.24) is 14.9 Å². The molecule has 0 saturated carbocycles. The van der Waals surface area contributed by atoms with Crippen molar-refractivity contribution in [3.63, 3.8) is 0 Å². The number of aryl methyl sites for hydroxylation is 1. The molecule has 0 atom stereocenters. The van der Waals surface area contributed by atoms with Crippen LogP contribution in [0.3, 0.4) is 0 Å². The number of para-hydroxylation sites is 1. The first-order chi connectivity index (χ1) is 20.9. The first kappa shape index (κ1) is 30.3. The number of hydrogen-bond donors (Lipinski definition) is 2. The average Bonchev–Trinajstić information content (AvgIpc) is 3.71. The van der Waals surface area contributed by atoms with E-state index in [4.69, 9.17) is 9.97 Å². The van der Waals surface area contributed by atoms with Crippen LogP contribution in [0, 0.1) is 0 Å². The van der Waals surface area contributed by atoms with E-state index >= 15 is 0 Å². The van der Waals surface area contributed by atoms with E-state index in [-0.39, 0.29) is 7.92 Å². The number of nitrogens with zero attached hydrogens (tertiary/aromatic N) is 4. The van der Waals surface area contributed by atoms with Crippen LogP contribution in [0.2, 0.25) is 0 Å². The fraction of sp³-hybridized carbons (Fsp3) is 0.486. The van der Waals surface area contributed by atoms with Crippen molar-refractivity contribution in [3.05, 3.63) is 59.5 Å². The third-order valence-corrected chi connectivity index (χ3v) is 13.1. The van der Waals surface area contributed by atoms with Gasteiger partial charge < -0.3 is 20.4 Å². The minimum absolute atomic E-state index is 0.315. The zero-order valence-corrected chi connectivity index (χ0v) is 28.1. The molecule has 4 aromatic rings. The van der Waals surface area contributed by atoms with Gasteiger partial charge in [-0.15, -0.1) is 11.3 Å². The predicted molar refractivity (Wildman–Crippen MR) is 189 cm³/mol. The molecule has 0 unspecified atom stereocenters. The molecule has 2 fully saturated rings. The molecule has 0 aliphatic carbocycles. The number of anilines is 5. The molecule has 43 heavy (non-hydrogen) atoms. The third kappa shape index (κ3) is 6.69. The summed E-state index contributed by atoms with van der Waals surface area (Å²) in [5.74, 6) is 1.50. The Hall–Kier alpha value is -2.73. The molecule has 2 N–H and O–H groups in total. The Morgan fingerprint density at radius 3 is 2.35 bits per heavy atom. The van der Waals surface area contributed by atoms with Crippen LogP contribution in [-0.2, 0) is 6.42 Å². The molecule has 2 aliphatic heterocycles. The molecule has 2 saturated heterocycles. The first-order valence-electron chi connectivity index (χ1n) is 16.2. The second-order valence-electron chi connectivity index (χ2n) is 12.5. The molecule has 2 aromatic carbocycles. The number of nitrogens with one attached hydrogen (secondary N) is 2. The van der Waals surface area contributed by atoms with Crippen LogP contribution in [0.5, 0.6) is 0 Å². The number of fused-ring (bicyclic) bond motifs is 1. The standard InChI is InChI=1S/C35H47N6PS/c1-6-26-23-28(41-20-15-27(16-21-41)40-18-9-10-19-40)13-14-29(26)37-35-38-31-17-22-43-33(31)34(39-35)36-30-11-7-8-12-32(30)42(24(2)3)25(4)5/h7-8,11-14,17,22-25,27H,6,9-10,15-16,18-21H2,1-5H3,(H2,36,37,38,39). The summed E-state index contributed by atoms with van der Waals surface area (Å²) in [5.41, 5.74) is 7.05. The van der Waals surface area contributed by atoms with E-state index in [1.807, 2.05) is 0 Å². The molecule has 0 amide bonds. The van der Waals surface area contributed by atoms with Crippen molar-refractivity contribution >= 4 is 63.6 Å². The van der Waals surface area contributed by atoms with Crippen molar-refractivity contribution in [1.29, 1.82) is 0 Å². The lowest BCUT2D eigenvalue weighted by Crippen LogP contribution is -2.43. The molecule has 228 valence electrons. The van der Waals surface area contributed by atoms with Crippen LogP contribution in [0.4, 0.5) is 28.8 Å². The highest BCUT2D eigenvalue weighted by Gasteiger charge is 2.27. The third-order valence-electron chi connectivity index (χ3n) is 9.05. The Morgan fingerprint density at radius 2 is 1.63 bits per heavy atom. The lowest BCUT2D eigenvalue weighted by molar-refractivity contribution is 0.208. The fourth-order valence-electron chi connectivity index (χ4n) is 7.00. The number of hydrogen-bond acceptors (Lipinski definition) is 7. The van der Waals surface area contributed by atoms with Gasteiger partial charge in [-0.2, -0.15) is 4.98 Å². The van der Waals surface area contributed by atoms with Gasteiger partial charge >= 0.3 is 0 Å². The Labute approximate surface area is 263 Å². The molecule has 0 bridgehead atoms. The minimum Gasteiger partial charge on any atom is -0.371 e. The van der Waals surface area contributed by atoms with Gasteiger partial charge in [0.05, 0.1) is 10.2 Å². The number of benzene rings is 2. The maximum Gasteiger partial charge on any atom is 0.229 e. The van der Waals surface area contributed by atoms with E-state index in [9.17, 15) is 0 Å². The lowest BCUT2D eigenvalue weighted by Gasteiger charge is -2.38. The van der Waals surface area contributed by atoms with Gasteiger partial charge in [0.1, 0.15) is 0 Å². The second kappa shape index (κ2) is 13.5. The lowest BCUT2D eigenvalue weighted by atomic mass is 10.0. The maximum absolute atomic E-state index is 5.06. The van der Waals surface area contributed by atoms with Gasteiger partial charge in [-0.05, 0) is 103 Å². The van der Waals surface area contributed by atoms with E-state index in [0.717, 1.165) is 53.0 Å². The van der Waals surface area contributed by atoms with Crippen LogP contribution >= 0.6 is 19.3 Å². The summed E-state index contributed by atoms with van der Waals surface area (Å²) in [7, 11) is -0.315. The van der Waals surface area contributed by atoms with Crippen molar-refractivity contribution < 1.29 is 0 Å². The summed E-state index contributed by atoms with van der Waals surface area (Å²) in [6.07, 6.45) is 6.24. The maximum atomic E-state index is 5.06. The summed E-state index contributed by atoms with van der Waals surface area (Å²) in [5, 5.41) is 10.9. The number of thiophene rings is 1. The summed E-state index contributed by atoms with van der Waals surface area (Å²) >= 11 is 1.69. The molecule has 2 aromatic heterocycles. The Morgan fingerprint density at radius 1 is 0.884 bits per heavy atom. The summed E-state index contributed by atoms with van der Waals surface area (Å²) in [6.45, 7) is 16.5. The largest absolute Gasteiger partial charge is 0.371 e. The first-order valence-corrected chi connectivity index (χ1v) is 18.6. The molecular formula is C35H47N6PS. The zero-order chi connectivity index (χ0) is 29.9. The minimum atomic E-state index is -0.315. The van der Waals surface area contributed by atoms with Gasteiger partial charge in [-0.3, -0.25) is 0 Å². The SMILES string of the molecule is CCc1cc(N2CCC(N3CCCC3)CC2)ccc1Nc1nc(Nc2ccccc2P(C(C)C)C(C)C)c2sccc2n1. The molecular weight excluding hydrogens is 567 g/mol. The van der Waals surface area contributed by atoms with Crippen molar-refractivity contribution in [3.8, 4) is 0 Å². The average molecular weight is 615 g/mol. The second-order valence-corrected chi connectivity index (χ2v) is 16.8. The van der Waals surface area contributed by atoms with Crippen LogP contribution in [0.1, 0.15) is 65.9 Å². The predicted octanol–water partition coefficient (Wildman–Crippen LogP) is 8.73. The molecule has 6 rings (SSSR count). The van der Waals surface area contributed by atoms with Gasteiger partial charge in [-0.1, -0.05) is 60.7 Å². The summed E-state index contributed by atoms with van der Waals surface area (Å²) in [6, 6.07) is 18.5. The van der Waals surface area contributed by atoms with Gasteiger partial charge in [0.2, 0.25) is 5.95 Å². The van der Waals surface area contributed by atoms with Crippen LogP contribution < -0.4 is 20.8 Å². The normalized spacial score (nSPS) is 16.7. The van der Waals surface area contributed by atoms with E-state index < -0.39 is 0 Å². The van der Waals surface area contributed by atoms with E-state index in [1.165, 1.54) is 55.3 Å². The Balaban J connectivity index is 1.23. The van der Waals surface area contributed by atoms with Crippen molar-refractivity contribution in [2.75, 3.05) is 41.7 Å². The molecule has 2 aliphatic rings. The summed E-state index contributed by atoms with van der Waals surface area (Å²) in [4.78, 5) is 15.3. The van der Waals surface area contributed by atoms with E-state index in [2.05, 4.69) is 109 Å². The fourth-order valence-corrected chi connectivity index (χ4v) is 10.7. The summed E-state index contributed by atoms with van der Waals surface area (Å²) < 4.78 is 1.09. The van der Waals surface area contributed by atoms with Crippen molar-refractivity contribution in [2.45, 2.75) is 84.1 Å². The highest BCUT2D eigenvalue weighted by atomic mass is 32.1. The number of piperidine rings is 1. The highest BCUT2D eigenvalue weighted by molar-refractivity contribution is 7.67. The van der Waals surface area contributed by atoms with Gasteiger partial charge in [-0.25, -0.2) is 4.98 Å². The zero-order valence-electron chi connectivity index (χ0n) is 26.4. The van der Waals surface area contributed by atoms with E-state index in [1.54, 1.807) is 11.3 Å². The Kier molecular flexibility index (Phi) is 9.51. The molecule has 0 spiro atoms. The van der Waals surface area contributed by atoms with Crippen LogP contribution in [-0.4, -0.2) is 58.4 Å². The number of likely N-dealkylation sites (tertiary alicyclic amines) is 1. The monoisotopic (exact) mass is 614 g/mol. The van der Waals surface area contributed by atoms with Gasteiger partial charge in [0.25, 0.3) is 0 Å². The number of aromatic nitrogens is 2. The quantitative estimate of drug-likeness (QED) is 0.174. The van der Waals surface area contributed by atoms with Crippen LogP contribution in [0.25, 0.3) is 10.2 Å². The molecule has 0 radical (unpaired) electrons. The van der Waals surface area contributed by atoms with Gasteiger partial charge in [0.15, 0.2) is 5.82 Å². The number of rotatable bonds is 10.